The molecule has 2 fully saturated rings. The largest absolute Gasteiger partial charge is 0.379 e. The monoisotopic (exact) mass is 515 g/mol. The zero-order chi connectivity index (χ0) is 26.6. The van der Waals surface area contributed by atoms with E-state index in [4.69, 9.17) is 14.7 Å². The van der Waals surface area contributed by atoms with Crippen LogP contribution in [-0.2, 0) is 4.74 Å². The highest BCUT2D eigenvalue weighted by Crippen LogP contribution is 2.29. The highest BCUT2D eigenvalue weighted by Gasteiger charge is 2.32. The molecule has 0 aromatic carbocycles. The van der Waals surface area contributed by atoms with Crippen LogP contribution in [0.25, 0.3) is 0 Å². The number of nitrogens with zero attached hydrogens (tertiary/aromatic N) is 5. The van der Waals surface area contributed by atoms with Crippen molar-refractivity contribution in [2.24, 2.45) is 0 Å². The molecule has 2 aliphatic rings. The number of rotatable bonds is 15. The SMILES string of the molecule is CC(C)OCCCCCCCCCCN1CCC(c2cnc(N3C(C)CN(C(C)C)CC3C)nc2)CC1. The maximum Gasteiger partial charge on any atom is 0.225 e. The molecule has 2 unspecified atom stereocenters. The number of anilines is 1. The number of hydrogen-bond donors (Lipinski definition) is 0. The van der Waals surface area contributed by atoms with Gasteiger partial charge >= 0.3 is 0 Å². The second-order valence-corrected chi connectivity index (χ2v) is 12.3. The van der Waals surface area contributed by atoms with Gasteiger partial charge in [-0.25, -0.2) is 9.97 Å². The van der Waals surface area contributed by atoms with Crippen molar-refractivity contribution in [3.05, 3.63) is 18.0 Å². The first kappa shape index (κ1) is 30.3. The topological polar surface area (TPSA) is 44.7 Å². The summed E-state index contributed by atoms with van der Waals surface area (Å²) >= 11 is 0. The molecule has 6 heteroatoms. The van der Waals surface area contributed by atoms with E-state index in [0.717, 1.165) is 25.6 Å². The summed E-state index contributed by atoms with van der Waals surface area (Å²) in [7, 11) is 0. The van der Waals surface area contributed by atoms with Crippen molar-refractivity contribution in [1.82, 2.24) is 19.8 Å². The molecule has 3 rings (SSSR count). The van der Waals surface area contributed by atoms with Gasteiger partial charge in [0.15, 0.2) is 0 Å². The van der Waals surface area contributed by atoms with Crippen molar-refractivity contribution in [1.29, 1.82) is 0 Å². The third-order valence-corrected chi connectivity index (χ3v) is 8.45. The van der Waals surface area contributed by atoms with Gasteiger partial charge in [-0.15, -0.1) is 0 Å². The lowest BCUT2D eigenvalue weighted by Gasteiger charge is -2.46. The molecule has 0 bridgehead atoms. The van der Waals surface area contributed by atoms with Gasteiger partial charge < -0.3 is 14.5 Å². The number of unbranched alkanes of at least 4 members (excludes halogenated alkanes) is 7. The lowest BCUT2D eigenvalue weighted by Crippen LogP contribution is -2.58. The molecule has 0 aliphatic carbocycles. The summed E-state index contributed by atoms with van der Waals surface area (Å²) in [5.74, 6) is 1.52. The average Bonchev–Trinajstić information content (AvgIpc) is 2.87. The molecule has 0 N–H and O–H groups in total. The second kappa shape index (κ2) is 16.0. The number of ether oxygens (including phenoxy) is 1. The fourth-order valence-corrected chi connectivity index (χ4v) is 6.16. The molecular weight excluding hydrogens is 458 g/mol. The first-order valence-electron chi connectivity index (χ1n) is 15.5. The molecule has 1 aromatic rings. The number of likely N-dealkylation sites (tertiary alicyclic amines) is 1. The van der Waals surface area contributed by atoms with Crippen LogP contribution in [0.2, 0.25) is 0 Å². The fraction of sp³-hybridized carbons (Fsp3) is 0.871. The molecule has 0 amide bonds. The first-order valence-corrected chi connectivity index (χ1v) is 15.5. The highest BCUT2D eigenvalue weighted by molar-refractivity contribution is 5.35. The third-order valence-electron chi connectivity index (χ3n) is 8.45. The molecule has 2 saturated heterocycles. The molecule has 37 heavy (non-hydrogen) atoms. The molecular formula is C31H57N5O. The second-order valence-electron chi connectivity index (χ2n) is 12.3. The van der Waals surface area contributed by atoms with Crippen molar-refractivity contribution in [2.45, 2.75) is 136 Å². The van der Waals surface area contributed by atoms with E-state index in [-0.39, 0.29) is 0 Å². The van der Waals surface area contributed by atoms with Crippen LogP contribution in [0.5, 0.6) is 0 Å². The quantitative estimate of drug-likeness (QED) is 0.248. The van der Waals surface area contributed by atoms with Crippen molar-refractivity contribution >= 4 is 5.95 Å². The molecule has 0 spiro atoms. The summed E-state index contributed by atoms with van der Waals surface area (Å²) in [5.41, 5.74) is 1.33. The summed E-state index contributed by atoms with van der Waals surface area (Å²) in [6, 6.07) is 1.47. The minimum atomic E-state index is 0.376. The van der Waals surface area contributed by atoms with Gasteiger partial charge in [-0.05, 0) is 98.3 Å². The van der Waals surface area contributed by atoms with Gasteiger partial charge in [-0.2, -0.15) is 0 Å². The zero-order valence-electron chi connectivity index (χ0n) is 25.0. The van der Waals surface area contributed by atoms with Crippen LogP contribution in [0.4, 0.5) is 5.95 Å². The molecule has 2 atom stereocenters. The average molecular weight is 516 g/mol. The summed E-state index contributed by atoms with van der Waals surface area (Å²) in [5, 5.41) is 0. The standard InChI is InChI=1S/C31H57N5O/c1-25(2)35-23-27(5)36(28(6)24-35)31-32-21-30(22-33-31)29-15-18-34(19-16-29)17-13-11-9-7-8-10-12-14-20-37-26(3)4/h21-22,25-29H,7-20,23-24H2,1-6H3. The maximum atomic E-state index is 5.62. The third kappa shape index (κ3) is 10.1. The van der Waals surface area contributed by atoms with E-state index in [0.29, 0.717) is 30.1 Å². The molecule has 1 aromatic heterocycles. The van der Waals surface area contributed by atoms with Gasteiger partial charge in [0.25, 0.3) is 0 Å². The number of piperidine rings is 1. The van der Waals surface area contributed by atoms with Crippen LogP contribution in [0.1, 0.15) is 117 Å². The van der Waals surface area contributed by atoms with Gasteiger partial charge in [0, 0.05) is 50.2 Å². The minimum Gasteiger partial charge on any atom is -0.379 e. The van der Waals surface area contributed by atoms with E-state index >= 15 is 0 Å². The van der Waals surface area contributed by atoms with Crippen LogP contribution in [0.15, 0.2) is 12.4 Å². The Bertz CT molecular complexity index is 720. The summed E-state index contributed by atoms with van der Waals surface area (Å²) in [6.45, 7) is 20.2. The Balaban J connectivity index is 1.28. The molecule has 2 aliphatic heterocycles. The Morgan fingerprint density at radius 2 is 1.35 bits per heavy atom. The Hall–Kier alpha value is -1.24. The Kier molecular flexibility index (Phi) is 13.1. The number of aromatic nitrogens is 2. The predicted octanol–water partition coefficient (Wildman–Crippen LogP) is 6.51. The van der Waals surface area contributed by atoms with Crippen LogP contribution in [0, 0.1) is 0 Å². The van der Waals surface area contributed by atoms with Crippen molar-refractivity contribution in [3.8, 4) is 0 Å². The van der Waals surface area contributed by atoms with Gasteiger partial charge in [0.05, 0.1) is 6.10 Å². The van der Waals surface area contributed by atoms with E-state index in [2.05, 4.69) is 68.6 Å². The molecule has 6 nitrogen and oxygen atoms in total. The van der Waals surface area contributed by atoms with Crippen molar-refractivity contribution < 1.29 is 4.74 Å². The smallest absolute Gasteiger partial charge is 0.225 e. The van der Waals surface area contributed by atoms with Gasteiger partial charge in [0.1, 0.15) is 0 Å². The van der Waals surface area contributed by atoms with Crippen LogP contribution in [-0.4, -0.2) is 83.3 Å². The van der Waals surface area contributed by atoms with Crippen LogP contribution in [0.3, 0.4) is 0 Å². The summed E-state index contributed by atoms with van der Waals surface area (Å²) < 4.78 is 5.62. The summed E-state index contributed by atoms with van der Waals surface area (Å²) in [4.78, 5) is 17.4. The van der Waals surface area contributed by atoms with E-state index in [9.17, 15) is 0 Å². The Morgan fingerprint density at radius 3 is 1.89 bits per heavy atom. The van der Waals surface area contributed by atoms with E-state index in [1.54, 1.807) is 0 Å². The van der Waals surface area contributed by atoms with Gasteiger partial charge in [-0.1, -0.05) is 38.5 Å². The van der Waals surface area contributed by atoms with E-state index < -0.39 is 0 Å². The van der Waals surface area contributed by atoms with E-state index in [1.807, 2.05) is 0 Å². The number of hydrogen-bond acceptors (Lipinski definition) is 6. The summed E-state index contributed by atoms with van der Waals surface area (Å²) in [6.07, 6.45) is 17.9. The number of piperazine rings is 1. The first-order chi connectivity index (χ1) is 17.8. The molecule has 0 saturated carbocycles. The minimum absolute atomic E-state index is 0.376. The highest BCUT2D eigenvalue weighted by atomic mass is 16.5. The van der Waals surface area contributed by atoms with Gasteiger partial charge in [0.2, 0.25) is 5.95 Å². The Morgan fingerprint density at radius 1 is 0.811 bits per heavy atom. The van der Waals surface area contributed by atoms with Crippen molar-refractivity contribution in [2.75, 3.05) is 44.2 Å². The normalized spacial score (nSPS) is 22.4. The molecule has 212 valence electrons. The molecule has 3 heterocycles. The molecule has 0 radical (unpaired) electrons. The van der Waals surface area contributed by atoms with Crippen LogP contribution < -0.4 is 4.90 Å². The van der Waals surface area contributed by atoms with E-state index in [1.165, 1.54) is 89.4 Å². The lowest BCUT2D eigenvalue weighted by molar-refractivity contribution is 0.0756. The lowest BCUT2D eigenvalue weighted by atomic mass is 9.91. The maximum absolute atomic E-state index is 5.62. The zero-order valence-corrected chi connectivity index (χ0v) is 25.0. The Labute approximate surface area is 228 Å². The fourth-order valence-electron chi connectivity index (χ4n) is 6.16. The van der Waals surface area contributed by atoms with Crippen LogP contribution >= 0.6 is 0 Å². The van der Waals surface area contributed by atoms with Crippen molar-refractivity contribution in [3.63, 3.8) is 0 Å². The predicted molar refractivity (Wildman–Crippen MR) is 157 cm³/mol. The van der Waals surface area contributed by atoms with Gasteiger partial charge in [-0.3, -0.25) is 4.90 Å².